The summed E-state index contributed by atoms with van der Waals surface area (Å²) >= 11 is 0. The van der Waals surface area contributed by atoms with Gasteiger partial charge in [0.25, 0.3) is 0 Å². The molecule has 4 atom stereocenters. The number of carbonyl (C=O) groups is 1. The molecule has 2 aliphatic heterocycles. The van der Waals surface area contributed by atoms with Gasteiger partial charge in [-0.1, -0.05) is 6.07 Å². The number of likely N-dealkylation sites (N-methyl/N-ethyl adjacent to an activating group) is 1. The number of hydrogen-bond donors (Lipinski definition) is 2. The number of fused-ring (bicyclic) bond motifs is 1. The highest BCUT2D eigenvalue weighted by atomic mass is 16.1. The van der Waals surface area contributed by atoms with Crippen molar-refractivity contribution in [2.24, 2.45) is 10.9 Å². The van der Waals surface area contributed by atoms with Crippen molar-refractivity contribution in [2.45, 2.75) is 38.9 Å². The highest BCUT2D eigenvalue weighted by Crippen LogP contribution is 2.27. The fourth-order valence-corrected chi connectivity index (χ4v) is 4.61. The van der Waals surface area contributed by atoms with Gasteiger partial charge in [0.2, 0.25) is 5.91 Å². The minimum atomic E-state index is -0.170. The van der Waals surface area contributed by atoms with E-state index in [1.54, 1.807) is 25.5 Å². The van der Waals surface area contributed by atoms with Crippen LogP contribution in [0.2, 0.25) is 0 Å². The first-order chi connectivity index (χ1) is 16.4. The second kappa shape index (κ2) is 10.2. The summed E-state index contributed by atoms with van der Waals surface area (Å²) in [5.41, 5.74) is 3.80. The van der Waals surface area contributed by atoms with Crippen molar-refractivity contribution in [3.05, 3.63) is 47.9 Å². The highest BCUT2D eigenvalue weighted by molar-refractivity contribution is 6.04. The standard InChI is InChI=1S/C25H32N8O/c1-16(13-26)22-14-30-25(31-22)23(12-24(34)27-4)33-10-9-32(15-17(33)2)18(3)19-5-6-20-21(11-19)29-8-7-28-20/h5-8,11-12,16-18,22H,9-10,14-15H2,1-4H3,(H,27,34)(H,30,31)/b23-12+. The molecule has 34 heavy (non-hydrogen) atoms. The maximum Gasteiger partial charge on any atom is 0.245 e. The van der Waals surface area contributed by atoms with E-state index in [4.69, 9.17) is 0 Å². The molecule has 1 saturated heterocycles. The van der Waals surface area contributed by atoms with Gasteiger partial charge in [0.1, 0.15) is 5.84 Å². The quantitative estimate of drug-likeness (QED) is 0.633. The normalized spacial score (nSPS) is 23.1. The third-order valence-corrected chi connectivity index (χ3v) is 6.82. The molecule has 0 saturated carbocycles. The molecule has 2 N–H and O–H groups in total. The molecule has 0 aliphatic carbocycles. The van der Waals surface area contributed by atoms with E-state index >= 15 is 0 Å². The molecular formula is C25H32N8O. The minimum Gasteiger partial charge on any atom is -0.363 e. The van der Waals surface area contributed by atoms with Crippen LogP contribution in [0.3, 0.4) is 0 Å². The van der Waals surface area contributed by atoms with Crippen LogP contribution in [-0.2, 0) is 4.79 Å². The topological polar surface area (TPSA) is 110 Å². The first-order valence-electron chi connectivity index (χ1n) is 11.8. The lowest BCUT2D eigenvalue weighted by Gasteiger charge is -2.44. The molecule has 0 radical (unpaired) electrons. The van der Waals surface area contributed by atoms with Crippen LogP contribution in [0.5, 0.6) is 0 Å². The third kappa shape index (κ3) is 4.87. The van der Waals surface area contributed by atoms with Crippen molar-refractivity contribution in [3.8, 4) is 6.07 Å². The number of rotatable bonds is 6. The molecule has 1 aromatic carbocycles. The van der Waals surface area contributed by atoms with Crippen LogP contribution in [0, 0.1) is 17.2 Å². The predicted molar refractivity (Wildman–Crippen MR) is 132 cm³/mol. The van der Waals surface area contributed by atoms with Crippen LogP contribution in [0.4, 0.5) is 0 Å². The van der Waals surface area contributed by atoms with Gasteiger partial charge in [0.15, 0.2) is 0 Å². The lowest BCUT2D eigenvalue weighted by molar-refractivity contribution is -0.116. The molecule has 2 aromatic rings. The monoisotopic (exact) mass is 460 g/mol. The van der Waals surface area contributed by atoms with Crippen molar-refractivity contribution in [1.82, 2.24) is 30.4 Å². The van der Waals surface area contributed by atoms with Gasteiger partial charge in [0.05, 0.1) is 41.3 Å². The van der Waals surface area contributed by atoms with Crippen LogP contribution >= 0.6 is 0 Å². The van der Waals surface area contributed by atoms with Gasteiger partial charge in [-0.05, 0) is 38.5 Å². The Morgan fingerprint density at radius 3 is 2.74 bits per heavy atom. The van der Waals surface area contributed by atoms with Crippen LogP contribution in [0.1, 0.15) is 32.4 Å². The van der Waals surface area contributed by atoms with Gasteiger partial charge in [-0.3, -0.25) is 24.7 Å². The number of aromatic nitrogens is 2. The predicted octanol–water partition coefficient (Wildman–Crippen LogP) is 1.86. The summed E-state index contributed by atoms with van der Waals surface area (Å²) in [5, 5.41) is 15.3. The van der Waals surface area contributed by atoms with Crippen LogP contribution in [-0.4, -0.2) is 76.8 Å². The summed E-state index contributed by atoms with van der Waals surface area (Å²) in [5.74, 6) is 0.359. The summed E-state index contributed by atoms with van der Waals surface area (Å²) in [7, 11) is 1.62. The molecule has 9 nitrogen and oxygen atoms in total. The highest BCUT2D eigenvalue weighted by Gasteiger charge is 2.33. The van der Waals surface area contributed by atoms with E-state index in [0.717, 1.165) is 36.4 Å². The SMILES string of the molecule is CNC(=O)/C=C(\C1=NCC(C(C)C#N)N1)N1CCN(C(C)c2ccc3nccnc3c2)CC1C. The van der Waals surface area contributed by atoms with Crippen molar-refractivity contribution in [3.63, 3.8) is 0 Å². The van der Waals surface area contributed by atoms with Gasteiger partial charge in [-0.2, -0.15) is 5.26 Å². The summed E-state index contributed by atoms with van der Waals surface area (Å²) in [4.78, 5) is 30.5. The van der Waals surface area contributed by atoms with E-state index in [1.807, 2.05) is 13.0 Å². The van der Waals surface area contributed by atoms with Crippen LogP contribution < -0.4 is 10.6 Å². The van der Waals surface area contributed by atoms with Gasteiger partial charge in [-0.25, -0.2) is 0 Å². The fraction of sp³-hybridized carbons (Fsp3) is 0.480. The van der Waals surface area contributed by atoms with Crippen molar-refractivity contribution in [1.29, 1.82) is 5.26 Å². The second-order valence-electron chi connectivity index (χ2n) is 9.02. The van der Waals surface area contributed by atoms with Crippen LogP contribution in [0.15, 0.2) is 47.4 Å². The molecule has 1 aromatic heterocycles. The third-order valence-electron chi connectivity index (χ3n) is 6.82. The largest absolute Gasteiger partial charge is 0.363 e. The van der Waals surface area contributed by atoms with E-state index < -0.39 is 0 Å². The summed E-state index contributed by atoms with van der Waals surface area (Å²) in [6.45, 7) is 9.27. The fourth-order valence-electron chi connectivity index (χ4n) is 4.61. The average molecular weight is 461 g/mol. The number of nitrogens with one attached hydrogen (secondary N) is 2. The minimum absolute atomic E-state index is 0.0410. The van der Waals surface area contributed by atoms with E-state index in [9.17, 15) is 10.1 Å². The lowest BCUT2D eigenvalue weighted by Crippen LogP contribution is -2.54. The molecule has 0 spiro atoms. The molecule has 3 heterocycles. The molecule has 178 valence electrons. The lowest BCUT2D eigenvalue weighted by atomic mass is 10.0. The summed E-state index contributed by atoms with van der Waals surface area (Å²) < 4.78 is 0. The zero-order valence-electron chi connectivity index (χ0n) is 20.2. The first kappa shape index (κ1) is 23.6. The molecule has 4 unspecified atom stereocenters. The Hall–Kier alpha value is -3.51. The average Bonchev–Trinajstić information content (AvgIpc) is 3.36. The van der Waals surface area contributed by atoms with Gasteiger partial charge in [-0.15, -0.1) is 0 Å². The molecule has 1 fully saturated rings. The Morgan fingerprint density at radius 2 is 2.03 bits per heavy atom. The summed E-state index contributed by atoms with van der Waals surface area (Å²) in [6.07, 6.45) is 5.05. The van der Waals surface area contributed by atoms with Gasteiger partial charge >= 0.3 is 0 Å². The van der Waals surface area contributed by atoms with E-state index in [-0.39, 0.29) is 30.0 Å². The van der Waals surface area contributed by atoms with Crippen molar-refractivity contribution < 1.29 is 4.79 Å². The van der Waals surface area contributed by atoms with E-state index in [2.05, 4.69) is 67.4 Å². The maximum absolute atomic E-state index is 12.3. The van der Waals surface area contributed by atoms with E-state index in [1.165, 1.54) is 5.56 Å². The number of benzene rings is 1. The molecule has 2 aliphatic rings. The number of amidine groups is 1. The number of hydrogen-bond acceptors (Lipinski definition) is 8. The Bertz CT molecular complexity index is 1150. The van der Waals surface area contributed by atoms with Crippen molar-refractivity contribution in [2.75, 3.05) is 33.2 Å². The van der Waals surface area contributed by atoms with E-state index in [0.29, 0.717) is 12.4 Å². The Kier molecular flexibility index (Phi) is 7.08. The van der Waals surface area contributed by atoms with Gasteiger partial charge < -0.3 is 15.5 Å². The first-order valence-corrected chi connectivity index (χ1v) is 11.8. The number of nitriles is 1. The number of amides is 1. The second-order valence-corrected chi connectivity index (χ2v) is 9.02. The molecule has 9 heteroatoms. The molecule has 1 amide bonds. The molecule has 0 bridgehead atoms. The zero-order valence-corrected chi connectivity index (χ0v) is 20.2. The van der Waals surface area contributed by atoms with Crippen molar-refractivity contribution >= 4 is 22.8 Å². The molecular weight excluding hydrogens is 428 g/mol. The smallest absolute Gasteiger partial charge is 0.245 e. The van der Waals surface area contributed by atoms with Crippen LogP contribution in [0.25, 0.3) is 11.0 Å². The van der Waals surface area contributed by atoms with Gasteiger partial charge in [0, 0.05) is 57.2 Å². The number of aliphatic imine (C=N–C) groups is 1. The number of nitrogens with zero attached hydrogens (tertiary/aromatic N) is 6. The Morgan fingerprint density at radius 1 is 1.26 bits per heavy atom. The Labute approximate surface area is 200 Å². The molecule has 4 rings (SSSR count). The Balaban J connectivity index is 1.50. The zero-order chi connectivity index (χ0) is 24.2. The number of carbonyl (C=O) groups excluding carboxylic acids is 1. The summed E-state index contributed by atoms with van der Waals surface area (Å²) in [6, 6.07) is 8.92. The number of piperazine rings is 1. The maximum atomic E-state index is 12.3.